The van der Waals surface area contributed by atoms with E-state index in [0.29, 0.717) is 36.2 Å². The van der Waals surface area contributed by atoms with E-state index in [0.717, 1.165) is 18.4 Å². The number of fused-ring (bicyclic) bond motifs is 1. The Bertz CT molecular complexity index is 815. The Morgan fingerprint density at radius 2 is 2.00 bits per heavy atom. The van der Waals surface area contributed by atoms with E-state index >= 15 is 0 Å². The topological polar surface area (TPSA) is 91.2 Å². The van der Waals surface area contributed by atoms with Crippen molar-refractivity contribution < 1.29 is 14.3 Å². The molecule has 1 aliphatic heterocycles. The number of aromatic nitrogens is 4. The molecule has 3 rings (SSSR count). The summed E-state index contributed by atoms with van der Waals surface area (Å²) in [6.45, 7) is 6.77. The van der Waals surface area contributed by atoms with Gasteiger partial charge in [-0.15, -0.1) is 0 Å². The minimum absolute atomic E-state index is 0.360. The summed E-state index contributed by atoms with van der Waals surface area (Å²) in [6, 6.07) is 7.11. The van der Waals surface area contributed by atoms with E-state index in [9.17, 15) is 4.79 Å². The summed E-state index contributed by atoms with van der Waals surface area (Å²) in [6.07, 6.45) is 1.64. The first-order valence-electron chi connectivity index (χ1n) is 8.81. The molecule has 0 amide bonds. The Morgan fingerprint density at radius 1 is 1.23 bits per heavy atom. The van der Waals surface area contributed by atoms with Crippen LogP contribution >= 0.6 is 0 Å². The van der Waals surface area contributed by atoms with Crippen molar-refractivity contribution in [1.82, 2.24) is 20.2 Å². The molecule has 0 saturated heterocycles. The van der Waals surface area contributed by atoms with Crippen molar-refractivity contribution in [2.45, 2.75) is 39.7 Å². The second kappa shape index (κ2) is 7.99. The van der Waals surface area contributed by atoms with Crippen LogP contribution in [0, 0.1) is 0 Å². The van der Waals surface area contributed by atoms with Crippen molar-refractivity contribution in [1.29, 1.82) is 0 Å². The van der Waals surface area contributed by atoms with Crippen LogP contribution in [0.1, 0.15) is 45.2 Å². The first kappa shape index (κ1) is 17.9. The Kier molecular flexibility index (Phi) is 5.50. The first-order valence-corrected chi connectivity index (χ1v) is 8.81. The fourth-order valence-electron chi connectivity index (χ4n) is 2.89. The third-order valence-corrected chi connectivity index (χ3v) is 4.05. The molecule has 1 aromatic heterocycles. The summed E-state index contributed by atoms with van der Waals surface area (Å²) in [5.41, 5.74) is 1.97. The van der Waals surface area contributed by atoms with Crippen LogP contribution in [0.15, 0.2) is 35.5 Å². The lowest BCUT2D eigenvalue weighted by atomic mass is 9.95. The summed E-state index contributed by atoms with van der Waals surface area (Å²) in [4.78, 5) is 12.8. The van der Waals surface area contributed by atoms with Crippen molar-refractivity contribution in [3.05, 3.63) is 41.1 Å². The number of rotatable bonds is 7. The van der Waals surface area contributed by atoms with E-state index in [4.69, 9.17) is 9.47 Å². The number of nitrogens with zero attached hydrogens (tertiary/aromatic N) is 4. The highest BCUT2D eigenvalue weighted by Gasteiger charge is 2.36. The van der Waals surface area contributed by atoms with Gasteiger partial charge in [0.1, 0.15) is 11.8 Å². The monoisotopic (exact) mass is 357 g/mol. The molecule has 138 valence electrons. The summed E-state index contributed by atoms with van der Waals surface area (Å²) in [5, 5.41) is 14.9. The molecule has 26 heavy (non-hydrogen) atoms. The quantitative estimate of drug-likeness (QED) is 0.762. The number of carbonyl (C=O) groups is 1. The molecule has 0 bridgehead atoms. The zero-order chi connectivity index (χ0) is 18.5. The zero-order valence-electron chi connectivity index (χ0n) is 15.2. The van der Waals surface area contributed by atoms with Gasteiger partial charge in [0.2, 0.25) is 5.95 Å². The lowest BCUT2D eigenvalue weighted by molar-refractivity contribution is -0.139. The molecule has 8 heteroatoms. The van der Waals surface area contributed by atoms with E-state index in [1.165, 1.54) is 0 Å². The zero-order valence-corrected chi connectivity index (χ0v) is 15.2. The molecule has 0 unspecified atom stereocenters. The van der Waals surface area contributed by atoms with Crippen LogP contribution < -0.4 is 10.1 Å². The number of hydrogen-bond donors (Lipinski definition) is 1. The molecule has 0 fully saturated rings. The normalized spacial score (nSPS) is 16.0. The molecule has 1 atom stereocenters. The molecular weight excluding hydrogens is 334 g/mol. The van der Waals surface area contributed by atoms with Crippen LogP contribution in [0.25, 0.3) is 0 Å². The van der Waals surface area contributed by atoms with Gasteiger partial charge in [-0.3, -0.25) is 0 Å². The van der Waals surface area contributed by atoms with Gasteiger partial charge in [0.15, 0.2) is 0 Å². The number of anilines is 1. The van der Waals surface area contributed by atoms with Gasteiger partial charge in [-0.1, -0.05) is 37.1 Å². The van der Waals surface area contributed by atoms with Gasteiger partial charge < -0.3 is 14.8 Å². The average Bonchev–Trinajstić information content (AvgIpc) is 3.11. The molecule has 8 nitrogen and oxygen atoms in total. The highest BCUT2D eigenvalue weighted by atomic mass is 16.5. The van der Waals surface area contributed by atoms with E-state index in [1.807, 2.05) is 45.0 Å². The second-order valence-electron chi connectivity index (χ2n) is 6.04. The molecular formula is C18H23N5O3. The van der Waals surface area contributed by atoms with Crippen molar-refractivity contribution in [3.8, 4) is 5.75 Å². The number of hydrogen-bond acceptors (Lipinski definition) is 7. The molecule has 2 aromatic rings. The van der Waals surface area contributed by atoms with E-state index in [-0.39, 0.29) is 5.97 Å². The van der Waals surface area contributed by atoms with Crippen molar-refractivity contribution in [3.63, 3.8) is 0 Å². The molecule has 1 aromatic carbocycles. The second-order valence-corrected chi connectivity index (χ2v) is 6.04. The van der Waals surface area contributed by atoms with Crippen LogP contribution in [-0.4, -0.2) is 39.4 Å². The van der Waals surface area contributed by atoms with Gasteiger partial charge in [0.25, 0.3) is 0 Å². The lowest BCUT2D eigenvalue weighted by Gasteiger charge is -2.28. The minimum atomic E-state index is -0.515. The number of allylic oxidation sites excluding steroid dienone is 1. The SMILES string of the molecule is CCCOC(=O)C1=C(C)Nc2nnnn2[C@@H]1c1ccccc1OCCC. The fourth-order valence-corrected chi connectivity index (χ4v) is 2.89. The number of nitrogens with one attached hydrogen (secondary N) is 1. The smallest absolute Gasteiger partial charge is 0.338 e. The number of ether oxygens (including phenoxy) is 2. The predicted molar refractivity (Wildman–Crippen MR) is 95.8 cm³/mol. The maximum absolute atomic E-state index is 12.8. The lowest BCUT2D eigenvalue weighted by Crippen LogP contribution is -2.30. The van der Waals surface area contributed by atoms with Crippen molar-refractivity contribution in [2.24, 2.45) is 0 Å². The summed E-state index contributed by atoms with van der Waals surface area (Å²) < 4.78 is 12.9. The van der Waals surface area contributed by atoms with Gasteiger partial charge in [0.05, 0.1) is 18.8 Å². The largest absolute Gasteiger partial charge is 0.493 e. The van der Waals surface area contributed by atoms with Crippen LogP contribution in [0.3, 0.4) is 0 Å². The van der Waals surface area contributed by atoms with Crippen LogP contribution in [0.5, 0.6) is 5.75 Å². The number of tetrazole rings is 1. The summed E-state index contributed by atoms with van der Waals surface area (Å²) in [7, 11) is 0. The van der Waals surface area contributed by atoms with Gasteiger partial charge in [0, 0.05) is 11.3 Å². The minimum Gasteiger partial charge on any atom is -0.493 e. The third kappa shape index (κ3) is 3.40. The van der Waals surface area contributed by atoms with Gasteiger partial charge >= 0.3 is 5.97 Å². The molecule has 0 radical (unpaired) electrons. The summed E-state index contributed by atoms with van der Waals surface area (Å²) >= 11 is 0. The van der Waals surface area contributed by atoms with Crippen LogP contribution in [-0.2, 0) is 9.53 Å². The van der Waals surface area contributed by atoms with Gasteiger partial charge in [-0.2, -0.15) is 4.68 Å². The highest BCUT2D eigenvalue weighted by Crippen LogP contribution is 2.38. The molecule has 1 aliphatic rings. The molecule has 2 heterocycles. The Hall–Kier alpha value is -2.90. The van der Waals surface area contributed by atoms with E-state index in [1.54, 1.807) is 4.68 Å². The van der Waals surface area contributed by atoms with Crippen molar-refractivity contribution >= 4 is 11.9 Å². The Labute approximate surface area is 152 Å². The molecule has 0 spiro atoms. The van der Waals surface area contributed by atoms with E-state index in [2.05, 4.69) is 20.8 Å². The van der Waals surface area contributed by atoms with Gasteiger partial charge in [-0.25, -0.2) is 4.79 Å². The predicted octanol–water partition coefficient (Wildman–Crippen LogP) is 2.70. The van der Waals surface area contributed by atoms with Crippen LogP contribution in [0.2, 0.25) is 0 Å². The highest BCUT2D eigenvalue weighted by molar-refractivity contribution is 5.92. The Morgan fingerprint density at radius 3 is 2.77 bits per heavy atom. The standard InChI is InChI=1S/C18H23N5O3/c1-4-10-25-14-9-7-6-8-13(14)16-15(17(24)26-11-5-2)12(3)19-18-20-21-22-23(16)18/h6-9,16H,4-5,10-11H2,1-3H3,(H,19,20,22)/t16-/m1/s1. The van der Waals surface area contributed by atoms with Gasteiger partial charge in [-0.05, 0) is 36.3 Å². The summed E-state index contributed by atoms with van der Waals surface area (Å²) in [5.74, 6) is 0.800. The maximum atomic E-state index is 12.8. The number of para-hydroxylation sites is 1. The van der Waals surface area contributed by atoms with E-state index < -0.39 is 6.04 Å². The number of carbonyl (C=O) groups excluding carboxylic acids is 1. The third-order valence-electron chi connectivity index (χ3n) is 4.05. The number of esters is 1. The first-order chi connectivity index (χ1) is 12.7. The van der Waals surface area contributed by atoms with Crippen LogP contribution in [0.4, 0.5) is 5.95 Å². The molecule has 1 N–H and O–H groups in total. The molecule has 0 aliphatic carbocycles. The number of benzene rings is 1. The molecule has 0 saturated carbocycles. The average molecular weight is 357 g/mol. The fraction of sp³-hybridized carbons (Fsp3) is 0.444. The van der Waals surface area contributed by atoms with Crippen molar-refractivity contribution in [2.75, 3.05) is 18.5 Å². The maximum Gasteiger partial charge on any atom is 0.338 e. The Balaban J connectivity index is 2.08.